The fourth-order valence-corrected chi connectivity index (χ4v) is 5.55. The number of thiophene rings is 1. The largest absolute Gasteiger partial charge is 0.481 e. The third-order valence-corrected chi connectivity index (χ3v) is 7.69. The van der Waals surface area contributed by atoms with Gasteiger partial charge in [0.1, 0.15) is 10.2 Å². The summed E-state index contributed by atoms with van der Waals surface area (Å²) in [5, 5.41) is 23.2. The van der Waals surface area contributed by atoms with Crippen LogP contribution < -0.4 is 21.5 Å². The molecule has 1 aliphatic heterocycles. The number of piperidine rings is 1. The van der Waals surface area contributed by atoms with Crippen LogP contribution in [0.2, 0.25) is 0 Å². The van der Waals surface area contributed by atoms with E-state index in [0.717, 1.165) is 24.2 Å². The summed E-state index contributed by atoms with van der Waals surface area (Å²) in [7, 11) is 0. The van der Waals surface area contributed by atoms with Crippen LogP contribution in [0.25, 0.3) is 10.2 Å². The van der Waals surface area contributed by atoms with Crippen LogP contribution in [0.1, 0.15) is 54.1 Å². The Kier molecular flexibility index (Phi) is 8.21. The molecule has 194 valence electrons. The fourth-order valence-electron chi connectivity index (χ4n) is 4.62. The lowest BCUT2D eigenvalue weighted by molar-refractivity contribution is -0.142. The minimum Gasteiger partial charge on any atom is -0.481 e. The molecule has 2 aromatic heterocycles. The Balaban J connectivity index is 1.72. The number of nitrogens with two attached hydrogens (primary N) is 1. The lowest BCUT2D eigenvalue weighted by Crippen LogP contribution is -2.45. The predicted octanol–water partition coefficient (Wildman–Crippen LogP) is 2.54. The number of aromatic nitrogens is 2. The minimum absolute atomic E-state index is 0.0628. The van der Waals surface area contributed by atoms with Crippen LogP contribution in [-0.2, 0) is 11.3 Å². The van der Waals surface area contributed by atoms with Crippen molar-refractivity contribution < 1.29 is 14.7 Å². The maximum absolute atomic E-state index is 13.7. The van der Waals surface area contributed by atoms with Gasteiger partial charge in [0, 0.05) is 31.1 Å². The SMILES string of the molecule is CC[C@H](CCNC(=O)c1csc2c(=O)n(Cc3ccccc3C#N)c(N3CCCC(N)C3)nc12)C(=O)O. The first kappa shape index (κ1) is 26.3. The number of carboxylic acid groups (broad SMARTS) is 1. The highest BCUT2D eigenvalue weighted by Gasteiger charge is 2.26. The number of rotatable bonds is 9. The molecule has 2 atom stereocenters. The summed E-state index contributed by atoms with van der Waals surface area (Å²) < 4.78 is 1.91. The van der Waals surface area contributed by atoms with E-state index in [-0.39, 0.29) is 30.3 Å². The van der Waals surface area contributed by atoms with E-state index in [2.05, 4.69) is 11.4 Å². The highest BCUT2D eigenvalue weighted by atomic mass is 32.1. The average Bonchev–Trinajstić information content (AvgIpc) is 3.32. The Bertz CT molecular complexity index is 1410. The Morgan fingerprint density at radius 2 is 2.16 bits per heavy atom. The summed E-state index contributed by atoms with van der Waals surface area (Å²) in [6.45, 7) is 3.36. The van der Waals surface area contributed by atoms with Crippen LogP contribution in [0.3, 0.4) is 0 Å². The van der Waals surface area contributed by atoms with Crippen molar-refractivity contribution in [3.05, 3.63) is 56.7 Å². The maximum atomic E-state index is 13.7. The zero-order chi connectivity index (χ0) is 26.5. The molecule has 0 spiro atoms. The number of nitriles is 1. The number of fused-ring (bicyclic) bond motifs is 1. The minimum atomic E-state index is -0.887. The second kappa shape index (κ2) is 11.5. The summed E-state index contributed by atoms with van der Waals surface area (Å²) in [5.74, 6) is -1.39. The van der Waals surface area contributed by atoms with Gasteiger partial charge in [-0.25, -0.2) is 4.98 Å². The monoisotopic (exact) mass is 522 g/mol. The van der Waals surface area contributed by atoms with Gasteiger partial charge >= 0.3 is 5.97 Å². The number of carbonyl (C=O) groups is 2. The first-order chi connectivity index (χ1) is 17.8. The molecule has 3 aromatic rings. The number of benzene rings is 1. The van der Waals surface area contributed by atoms with Gasteiger partial charge in [0.25, 0.3) is 11.5 Å². The van der Waals surface area contributed by atoms with E-state index in [1.54, 1.807) is 29.0 Å². The molecule has 1 unspecified atom stereocenters. The Morgan fingerprint density at radius 1 is 1.38 bits per heavy atom. The van der Waals surface area contributed by atoms with Crippen molar-refractivity contribution in [3.8, 4) is 6.07 Å². The lowest BCUT2D eigenvalue weighted by atomic mass is 10.0. The van der Waals surface area contributed by atoms with Gasteiger partial charge in [0.05, 0.1) is 29.7 Å². The fraction of sp³-hybridized carbons (Fsp3) is 0.423. The van der Waals surface area contributed by atoms with Gasteiger partial charge in [-0.2, -0.15) is 5.26 Å². The van der Waals surface area contributed by atoms with Crippen LogP contribution in [0.4, 0.5) is 5.95 Å². The van der Waals surface area contributed by atoms with Crippen LogP contribution in [0.15, 0.2) is 34.4 Å². The summed E-state index contributed by atoms with van der Waals surface area (Å²) in [6.07, 6.45) is 2.52. The molecule has 4 rings (SSSR count). The highest BCUT2D eigenvalue weighted by Crippen LogP contribution is 2.26. The van der Waals surface area contributed by atoms with Crippen LogP contribution in [-0.4, -0.2) is 52.2 Å². The van der Waals surface area contributed by atoms with Gasteiger partial charge in [0.15, 0.2) is 0 Å². The smallest absolute Gasteiger partial charge is 0.306 e. The lowest BCUT2D eigenvalue weighted by Gasteiger charge is -2.33. The Hall–Kier alpha value is -3.75. The van der Waals surface area contributed by atoms with Crippen molar-refractivity contribution in [3.63, 3.8) is 0 Å². The molecule has 0 saturated carbocycles. The molecular weight excluding hydrogens is 492 g/mol. The number of nitrogens with zero attached hydrogens (tertiary/aromatic N) is 4. The number of amides is 1. The van der Waals surface area contributed by atoms with Gasteiger partial charge in [0.2, 0.25) is 5.95 Å². The van der Waals surface area contributed by atoms with Crippen molar-refractivity contribution in [2.24, 2.45) is 11.7 Å². The number of aliphatic carboxylic acids is 1. The second-order valence-corrected chi connectivity index (χ2v) is 10.1. The molecule has 10 nitrogen and oxygen atoms in total. The van der Waals surface area contributed by atoms with Gasteiger partial charge in [-0.15, -0.1) is 11.3 Å². The third kappa shape index (κ3) is 5.65. The predicted molar refractivity (Wildman–Crippen MR) is 142 cm³/mol. The summed E-state index contributed by atoms with van der Waals surface area (Å²) in [6, 6.07) is 9.25. The maximum Gasteiger partial charge on any atom is 0.306 e. The van der Waals surface area contributed by atoms with Crippen molar-refractivity contribution in [2.75, 3.05) is 24.5 Å². The molecular formula is C26H30N6O4S. The summed E-state index contributed by atoms with van der Waals surface area (Å²) in [5.41, 5.74) is 7.73. The van der Waals surface area contributed by atoms with Crippen molar-refractivity contribution in [1.82, 2.24) is 14.9 Å². The zero-order valence-corrected chi connectivity index (χ0v) is 21.5. The number of hydrogen-bond acceptors (Lipinski definition) is 8. The summed E-state index contributed by atoms with van der Waals surface area (Å²) in [4.78, 5) is 44.8. The first-order valence-electron chi connectivity index (χ1n) is 12.4. The van der Waals surface area contributed by atoms with E-state index in [1.807, 2.05) is 17.0 Å². The molecule has 1 aromatic carbocycles. The second-order valence-electron chi connectivity index (χ2n) is 9.24. The van der Waals surface area contributed by atoms with Crippen LogP contribution in [0, 0.1) is 17.2 Å². The number of carboxylic acids is 1. The quantitative estimate of drug-likeness (QED) is 0.387. The highest BCUT2D eigenvalue weighted by molar-refractivity contribution is 7.17. The molecule has 4 N–H and O–H groups in total. The van der Waals surface area contributed by atoms with E-state index >= 15 is 0 Å². The van der Waals surface area contributed by atoms with E-state index in [9.17, 15) is 24.8 Å². The average molecular weight is 523 g/mol. The molecule has 11 heteroatoms. The van der Waals surface area contributed by atoms with E-state index in [4.69, 9.17) is 10.7 Å². The normalized spacial score (nSPS) is 16.4. The van der Waals surface area contributed by atoms with E-state index in [1.165, 1.54) is 0 Å². The number of anilines is 1. The third-order valence-electron chi connectivity index (χ3n) is 6.73. The van der Waals surface area contributed by atoms with E-state index < -0.39 is 17.8 Å². The van der Waals surface area contributed by atoms with Gasteiger partial charge < -0.3 is 21.1 Å². The van der Waals surface area contributed by atoms with Gasteiger partial charge in [-0.3, -0.25) is 19.0 Å². The zero-order valence-electron chi connectivity index (χ0n) is 20.6. The Labute approximate surface area is 218 Å². The topological polar surface area (TPSA) is 154 Å². The van der Waals surface area contributed by atoms with Crippen molar-refractivity contribution in [2.45, 2.75) is 45.2 Å². The molecule has 0 aliphatic carbocycles. The molecule has 3 heterocycles. The molecule has 1 fully saturated rings. The van der Waals surface area contributed by atoms with Crippen molar-refractivity contribution in [1.29, 1.82) is 5.26 Å². The van der Waals surface area contributed by atoms with Gasteiger partial charge in [-0.05, 0) is 37.3 Å². The molecule has 1 saturated heterocycles. The van der Waals surface area contributed by atoms with Crippen LogP contribution >= 0.6 is 11.3 Å². The molecule has 1 amide bonds. The molecule has 37 heavy (non-hydrogen) atoms. The Morgan fingerprint density at radius 3 is 2.86 bits per heavy atom. The molecule has 0 bridgehead atoms. The first-order valence-corrected chi connectivity index (χ1v) is 13.2. The molecule has 0 radical (unpaired) electrons. The van der Waals surface area contributed by atoms with Gasteiger partial charge in [-0.1, -0.05) is 25.1 Å². The standard InChI is InChI=1S/C26H30N6O4S/c1-2-16(25(35)36)9-10-29-23(33)20-15-37-22-21(20)30-26(31-11-5-8-19(28)14-31)32(24(22)34)13-18-7-4-3-6-17(18)12-27/h3-4,6-7,15-16,19H,2,5,8-11,13-14,28H2,1H3,(H,29,33)(H,35,36)/t16-,19?/m1/s1. The summed E-state index contributed by atoms with van der Waals surface area (Å²) >= 11 is 1.15. The van der Waals surface area contributed by atoms with E-state index in [0.29, 0.717) is 53.2 Å². The number of nitrogens with one attached hydrogen (secondary N) is 1. The molecule has 1 aliphatic rings. The number of hydrogen-bond donors (Lipinski definition) is 3. The number of carbonyl (C=O) groups excluding carboxylic acids is 1. The van der Waals surface area contributed by atoms with Crippen molar-refractivity contribution >= 4 is 39.4 Å². The van der Waals surface area contributed by atoms with Crippen LogP contribution in [0.5, 0.6) is 0 Å².